The predicted molar refractivity (Wildman–Crippen MR) is 54.7 cm³/mol. The molecule has 1 aromatic rings. The first-order valence-electron chi connectivity index (χ1n) is 5.40. The van der Waals surface area contributed by atoms with Crippen LogP contribution in [0.15, 0.2) is 0 Å². The van der Waals surface area contributed by atoms with Crippen molar-refractivity contribution in [1.82, 2.24) is 14.8 Å². The van der Waals surface area contributed by atoms with Gasteiger partial charge < -0.3 is 10.3 Å². The van der Waals surface area contributed by atoms with Crippen LogP contribution < -0.4 is 5.73 Å². The van der Waals surface area contributed by atoms with E-state index in [4.69, 9.17) is 5.73 Å². The molecule has 2 N–H and O–H groups in total. The maximum Gasteiger partial charge on any atom is 0.146 e. The summed E-state index contributed by atoms with van der Waals surface area (Å²) < 4.78 is 2.20. The number of hydrogen-bond acceptors (Lipinski definition) is 3. The molecule has 2 atom stereocenters. The molecular formula is C10H18N4. The van der Waals surface area contributed by atoms with Crippen LogP contribution in [0, 0.1) is 5.92 Å². The smallest absolute Gasteiger partial charge is 0.146 e. The van der Waals surface area contributed by atoms with Crippen LogP contribution in [0.1, 0.15) is 44.3 Å². The van der Waals surface area contributed by atoms with E-state index in [-0.39, 0.29) is 0 Å². The molecule has 0 amide bonds. The summed E-state index contributed by atoms with van der Waals surface area (Å²) in [4.78, 5) is 0. The molecular weight excluding hydrogens is 176 g/mol. The number of nitrogens with two attached hydrogens (primary N) is 1. The van der Waals surface area contributed by atoms with E-state index in [9.17, 15) is 0 Å². The van der Waals surface area contributed by atoms with Crippen LogP contribution in [0.3, 0.4) is 0 Å². The van der Waals surface area contributed by atoms with Crippen LogP contribution >= 0.6 is 0 Å². The van der Waals surface area contributed by atoms with E-state index < -0.39 is 0 Å². The highest BCUT2D eigenvalue weighted by Gasteiger charge is 2.38. The third kappa shape index (κ3) is 1.54. The fraction of sp³-hybridized carbons (Fsp3) is 0.800. The summed E-state index contributed by atoms with van der Waals surface area (Å²) in [6, 6.07) is 0. The quantitative estimate of drug-likeness (QED) is 0.785. The van der Waals surface area contributed by atoms with Crippen molar-refractivity contribution >= 4 is 0 Å². The summed E-state index contributed by atoms with van der Waals surface area (Å²) in [6.07, 6.45) is 2.37. The van der Waals surface area contributed by atoms with E-state index in [1.54, 1.807) is 0 Å². The first kappa shape index (κ1) is 9.65. The molecule has 0 aromatic carbocycles. The normalized spacial score (nSPS) is 25.4. The molecule has 1 aliphatic carbocycles. The minimum absolute atomic E-state index is 0.494. The monoisotopic (exact) mass is 194 g/mol. The Morgan fingerprint density at radius 1 is 1.50 bits per heavy atom. The lowest BCUT2D eigenvalue weighted by molar-refractivity contribution is 0.603. The van der Waals surface area contributed by atoms with Crippen LogP contribution in [0.5, 0.6) is 0 Å². The summed E-state index contributed by atoms with van der Waals surface area (Å²) in [7, 11) is 0. The predicted octanol–water partition coefficient (Wildman–Crippen LogP) is 1.27. The highest BCUT2D eigenvalue weighted by molar-refractivity contribution is 5.11. The molecule has 2 unspecified atom stereocenters. The van der Waals surface area contributed by atoms with Crippen molar-refractivity contribution < 1.29 is 0 Å². The zero-order chi connectivity index (χ0) is 10.1. The molecule has 14 heavy (non-hydrogen) atoms. The van der Waals surface area contributed by atoms with E-state index in [1.807, 2.05) is 0 Å². The second-order valence-corrected chi connectivity index (χ2v) is 4.15. The second-order valence-electron chi connectivity index (χ2n) is 4.15. The first-order chi connectivity index (χ1) is 6.77. The Bertz CT molecular complexity index is 318. The average molecular weight is 194 g/mol. The van der Waals surface area contributed by atoms with E-state index in [0.717, 1.165) is 30.5 Å². The molecule has 2 rings (SSSR count). The Kier molecular flexibility index (Phi) is 2.54. The van der Waals surface area contributed by atoms with Gasteiger partial charge >= 0.3 is 0 Å². The van der Waals surface area contributed by atoms with Gasteiger partial charge in [-0.05, 0) is 18.8 Å². The molecule has 0 aliphatic heterocycles. The van der Waals surface area contributed by atoms with Gasteiger partial charge in [-0.3, -0.25) is 0 Å². The lowest BCUT2D eigenvalue weighted by Crippen LogP contribution is -2.10. The van der Waals surface area contributed by atoms with Gasteiger partial charge in [-0.1, -0.05) is 13.8 Å². The summed E-state index contributed by atoms with van der Waals surface area (Å²) in [5.74, 6) is 3.50. The van der Waals surface area contributed by atoms with Crippen molar-refractivity contribution in [3.05, 3.63) is 11.6 Å². The van der Waals surface area contributed by atoms with Crippen molar-refractivity contribution in [3.63, 3.8) is 0 Å². The molecule has 4 heteroatoms. The lowest BCUT2D eigenvalue weighted by atomic mass is 10.3. The molecule has 1 heterocycles. The molecule has 1 fully saturated rings. The Labute approximate surface area is 84.5 Å². The summed E-state index contributed by atoms with van der Waals surface area (Å²) in [5.41, 5.74) is 5.63. The number of rotatable bonds is 4. The van der Waals surface area contributed by atoms with E-state index in [2.05, 4.69) is 28.6 Å². The lowest BCUT2D eigenvalue weighted by Gasteiger charge is -2.06. The van der Waals surface area contributed by atoms with Crippen molar-refractivity contribution in [2.75, 3.05) is 0 Å². The summed E-state index contributed by atoms with van der Waals surface area (Å²) in [6.45, 7) is 5.92. The van der Waals surface area contributed by atoms with Gasteiger partial charge in [0.2, 0.25) is 0 Å². The standard InChI is InChI=1S/C10H18N4/c1-3-4-14-9(6-11)12-13-10(14)8-5-7(8)2/h7-8H,3-6,11H2,1-2H3. The topological polar surface area (TPSA) is 56.7 Å². The van der Waals surface area contributed by atoms with Crippen molar-refractivity contribution in [2.24, 2.45) is 11.7 Å². The maximum absolute atomic E-state index is 5.63. The number of aromatic nitrogens is 3. The van der Waals surface area contributed by atoms with E-state index >= 15 is 0 Å². The Morgan fingerprint density at radius 2 is 2.21 bits per heavy atom. The molecule has 1 aromatic heterocycles. The maximum atomic E-state index is 5.63. The van der Waals surface area contributed by atoms with Crippen LogP contribution in [0.4, 0.5) is 0 Å². The van der Waals surface area contributed by atoms with Crippen LogP contribution in [-0.2, 0) is 13.1 Å². The van der Waals surface area contributed by atoms with Gasteiger partial charge in [-0.2, -0.15) is 0 Å². The van der Waals surface area contributed by atoms with Gasteiger partial charge in [0.1, 0.15) is 11.6 Å². The summed E-state index contributed by atoms with van der Waals surface area (Å²) >= 11 is 0. The fourth-order valence-electron chi connectivity index (χ4n) is 1.92. The van der Waals surface area contributed by atoms with Crippen LogP contribution in [0.25, 0.3) is 0 Å². The number of hydrogen-bond donors (Lipinski definition) is 1. The molecule has 1 saturated carbocycles. The Morgan fingerprint density at radius 3 is 2.71 bits per heavy atom. The van der Waals surface area contributed by atoms with Gasteiger partial charge in [0, 0.05) is 12.5 Å². The number of nitrogens with zero attached hydrogens (tertiary/aromatic N) is 3. The van der Waals surface area contributed by atoms with Gasteiger partial charge in [-0.15, -0.1) is 10.2 Å². The second kappa shape index (κ2) is 3.69. The van der Waals surface area contributed by atoms with Crippen LogP contribution in [0.2, 0.25) is 0 Å². The third-order valence-corrected chi connectivity index (χ3v) is 2.93. The molecule has 1 aliphatic rings. The molecule has 0 spiro atoms. The largest absolute Gasteiger partial charge is 0.324 e. The highest BCUT2D eigenvalue weighted by atomic mass is 15.3. The molecule has 0 saturated heterocycles. The van der Waals surface area contributed by atoms with E-state index in [0.29, 0.717) is 12.5 Å². The Balaban J connectivity index is 2.25. The summed E-state index contributed by atoms with van der Waals surface area (Å²) in [5, 5.41) is 8.39. The average Bonchev–Trinajstić information content (AvgIpc) is 2.77. The Hall–Kier alpha value is -0.900. The zero-order valence-electron chi connectivity index (χ0n) is 8.90. The molecule has 0 radical (unpaired) electrons. The molecule has 4 nitrogen and oxygen atoms in total. The highest BCUT2D eigenvalue weighted by Crippen LogP contribution is 2.46. The first-order valence-corrected chi connectivity index (χ1v) is 5.40. The van der Waals surface area contributed by atoms with Crippen molar-refractivity contribution in [2.45, 2.75) is 45.7 Å². The SMILES string of the molecule is CCCn1c(CN)nnc1C1CC1C. The zero-order valence-corrected chi connectivity index (χ0v) is 8.90. The van der Waals surface area contributed by atoms with Gasteiger partial charge in [0.15, 0.2) is 0 Å². The minimum atomic E-state index is 0.494. The minimum Gasteiger partial charge on any atom is -0.324 e. The van der Waals surface area contributed by atoms with Gasteiger partial charge in [-0.25, -0.2) is 0 Å². The molecule has 78 valence electrons. The van der Waals surface area contributed by atoms with Crippen molar-refractivity contribution in [1.29, 1.82) is 0 Å². The third-order valence-electron chi connectivity index (χ3n) is 2.93. The fourth-order valence-corrected chi connectivity index (χ4v) is 1.92. The van der Waals surface area contributed by atoms with E-state index in [1.165, 1.54) is 6.42 Å². The molecule has 0 bridgehead atoms. The van der Waals surface area contributed by atoms with Gasteiger partial charge in [0.25, 0.3) is 0 Å². The van der Waals surface area contributed by atoms with Gasteiger partial charge in [0.05, 0.1) is 6.54 Å². The van der Waals surface area contributed by atoms with Crippen molar-refractivity contribution in [3.8, 4) is 0 Å². The van der Waals surface area contributed by atoms with Crippen LogP contribution in [-0.4, -0.2) is 14.8 Å².